The van der Waals surface area contributed by atoms with Gasteiger partial charge in [-0.1, -0.05) is 6.08 Å². The molecule has 0 aliphatic heterocycles. The van der Waals surface area contributed by atoms with Crippen molar-refractivity contribution in [3.8, 4) is 0 Å². The molecule has 0 fully saturated rings. The first-order valence-electron chi connectivity index (χ1n) is 6.42. The zero-order valence-corrected chi connectivity index (χ0v) is 13.6. The van der Waals surface area contributed by atoms with E-state index in [1.54, 1.807) is 0 Å². The van der Waals surface area contributed by atoms with Gasteiger partial charge in [0, 0.05) is 5.69 Å². The Kier molecular flexibility index (Phi) is 6.52. The van der Waals surface area contributed by atoms with Crippen LogP contribution in [-0.4, -0.2) is 40.3 Å². The summed E-state index contributed by atoms with van der Waals surface area (Å²) in [5.41, 5.74) is 0.268. The summed E-state index contributed by atoms with van der Waals surface area (Å²) < 4.78 is 32.7. The second-order valence-corrected chi connectivity index (χ2v) is 6.33. The SMILES string of the molecule is C=CCS(=O)(=O)c1ccc(N/C(=C/C(=O)OC)C(=O)OC)cc1. The van der Waals surface area contributed by atoms with E-state index >= 15 is 0 Å². The van der Waals surface area contributed by atoms with Crippen LogP contribution in [0, 0.1) is 0 Å². The number of nitrogens with one attached hydrogen (secondary N) is 1. The molecule has 8 heteroatoms. The van der Waals surface area contributed by atoms with E-state index < -0.39 is 21.8 Å². The molecule has 0 radical (unpaired) electrons. The van der Waals surface area contributed by atoms with E-state index in [1.807, 2.05) is 0 Å². The molecule has 1 rings (SSSR count). The lowest BCUT2D eigenvalue weighted by Gasteiger charge is -2.09. The van der Waals surface area contributed by atoms with Gasteiger partial charge in [-0.3, -0.25) is 0 Å². The molecule has 23 heavy (non-hydrogen) atoms. The van der Waals surface area contributed by atoms with Gasteiger partial charge in [-0.25, -0.2) is 18.0 Å². The Morgan fingerprint density at radius 2 is 1.78 bits per heavy atom. The highest BCUT2D eigenvalue weighted by molar-refractivity contribution is 7.91. The van der Waals surface area contributed by atoms with E-state index in [0.717, 1.165) is 6.08 Å². The topological polar surface area (TPSA) is 98.8 Å². The summed E-state index contributed by atoms with van der Waals surface area (Å²) in [6, 6.07) is 5.69. The molecule has 0 spiro atoms. The molecule has 1 N–H and O–H groups in total. The van der Waals surface area contributed by atoms with Gasteiger partial charge in [0.15, 0.2) is 9.84 Å². The summed E-state index contributed by atoms with van der Waals surface area (Å²) in [6.07, 6.45) is 2.24. The van der Waals surface area contributed by atoms with Crippen molar-refractivity contribution in [1.29, 1.82) is 0 Å². The third kappa shape index (κ3) is 5.26. The van der Waals surface area contributed by atoms with Gasteiger partial charge in [0.2, 0.25) is 0 Å². The molecule has 1 aromatic rings. The van der Waals surface area contributed by atoms with Crippen LogP contribution < -0.4 is 5.32 Å². The summed E-state index contributed by atoms with van der Waals surface area (Å²) in [4.78, 5) is 23.0. The number of sulfone groups is 1. The van der Waals surface area contributed by atoms with Crippen molar-refractivity contribution >= 4 is 27.5 Å². The van der Waals surface area contributed by atoms with Crippen molar-refractivity contribution in [2.75, 3.05) is 25.3 Å². The van der Waals surface area contributed by atoms with Crippen LogP contribution in [0.3, 0.4) is 0 Å². The zero-order valence-electron chi connectivity index (χ0n) is 12.7. The van der Waals surface area contributed by atoms with Crippen molar-refractivity contribution < 1.29 is 27.5 Å². The molecule has 0 aliphatic rings. The largest absolute Gasteiger partial charge is 0.466 e. The van der Waals surface area contributed by atoms with Gasteiger partial charge in [-0.05, 0) is 24.3 Å². The average molecular weight is 339 g/mol. The summed E-state index contributed by atoms with van der Waals surface area (Å²) in [6.45, 7) is 3.40. The molecule has 7 nitrogen and oxygen atoms in total. The zero-order chi connectivity index (χ0) is 17.5. The van der Waals surface area contributed by atoms with Gasteiger partial charge in [-0.15, -0.1) is 6.58 Å². The minimum absolute atomic E-state index is 0.125. The molecule has 0 atom stereocenters. The highest BCUT2D eigenvalue weighted by Crippen LogP contribution is 2.17. The maximum absolute atomic E-state index is 11.9. The Balaban J connectivity index is 3.03. The van der Waals surface area contributed by atoms with E-state index in [4.69, 9.17) is 0 Å². The Bertz CT molecular complexity index is 719. The molecule has 0 aliphatic carbocycles. The molecule has 1 aromatic carbocycles. The van der Waals surface area contributed by atoms with E-state index in [1.165, 1.54) is 44.6 Å². The lowest BCUT2D eigenvalue weighted by Crippen LogP contribution is -2.15. The second-order valence-electron chi connectivity index (χ2n) is 4.29. The number of hydrogen-bond donors (Lipinski definition) is 1. The first kappa shape index (κ1) is 18.4. The van der Waals surface area contributed by atoms with Crippen LogP contribution in [0.4, 0.5) is 5.69 Å². The van der Waals surface area contributed by atoms with Crippen LogP contribution in [0.15, 0.2) is 53.6 Å². The van der Waals surface area contributed by atoms with E-state index in [0.29, 0.717) is 5.69 Å². The standard InChI is InChI=1S/C15H17NO6S/c1-4-9-23(19,20)12-7-5-11(6-8-12)16-13(15(18)22-3)10-14(17)21-2/h4-8,10,16H,1,9H2,2-3H3/b13-10+. The van der Waals surface area contributed by atoms with Crippen molar-refractivity contribution in [1.82, 2.24) is 0 Å². The number of benzene rings is 1. The maximum Gasteiger partial charge on any atom is 0.354 e. The molecule has 0 saturated heterocycles. The lowest BCUT2D eigenvalue weighted by molar-refractivity contribution is -0.138. The number of carbonyl (C=O) groups is 2. The molecule has 0 bridgehead atoms. The van der Waals surface area contributed by atoms with Crippen molar-refractivity contribution in [3.05, 3.63) is 48.7 Å². The predicted molar refractivity (Wildman–Crippen MR) is 84.4 cm³/mol. The number of ether oxygens (including phenoxy) is 2. The molecule has 0 unspecified atom stereocenters. The summed E-state index contributed by atoms with van der Waals surface area (Å²) in [5, 5.41) is 2.68. The molecule has 0 heterocycles. The van der Waals surface area contributed by atoms with Gasteiger partial charge in [0.1, 0.15) is 5.70 Å². The van der Waals surface area contributed by atoms with Crippen LogP contribution in [0.25, 0.3) is 0 Å². The number of esters is 2. The molecule has 0 saturated carbocycles. The van der Waals surface area contributed by atoms with Gasteiger partial charge in [0.05, 0.1) is 30.9 Å². The number of methoxy groups -OCH3 is 2. The normalized spacial score (nSPS) is 11.5. The van der Waals surface area contributed by atoms with Crippen LogP contribution in [0.1, 0.15) is 0 Å². The highest BCUT2D eigenvalue weighted by Gasteiger charge is 2.15. The summed E-state index contributed by atoms with van der Waals surface area (Å²) in [5.74, 6) is -1.67. The fourth-order valence-corrected chi connectivity index (χ4v) is 2.64. The maximum atomic E-state index is 11.9. The monoisotopic (exact) mass is 339 g/mol. The van der Waals surface area contributed by atoms with Gasteiger partial charge >= 0.3 is 11.9 Å². The molecular formula is C15H17NO6S. The van der Waals surface area contributed by atoms with Gasteiger partial charge < -0.3 is 14.8 Å². The van der Waals surface area contributed by atoms with Gasteiger partial charge in [-0.2, -0.15) is 0 Å². The lowest BCUT2D eigenvalue weighted by atomic mass is 10.3. The Labute approximate surface area is 134 Å². The fourth-order valence-electron chi connectivity index (χ4n) is 1.59. The van der Waals surface area contributed by atoms with Crippen LogP contribution >= 0.6 is 0 Å². The van der Waals surface area contributed by atoms with Crippen molar-refractivity contribution in [2.45, 2.75) is 4.90 Å². The summed E-state index contributed by atoms with van der Waals surface area (Å²) in [7, 11) is -1.09. The smallest absolute Gasteiger partial charge is 0.354 e. The van der Waals surface area contributed by atoms with Crippen LogP contribution in [-0.2, 0) is 28.9 Å². The Morgan fingerprint density at radius 3 is 2.26 bits per heavy atom. The van der Waals surface area contributed by atoms with Crippen molar-refractivity contribution in [3.63, 3.8) is 0 Å². The number of carbonyl (C=O) groups excluding carboxylic acids is 2. The molecule has 0 amide bonds. The minimum atomic E-state index is -3.43. The highest BCUT2D eigenvalue weighted by atomic mass is 32.2. The van der Waals surface area contributed by atoms with Crippen molar-refractivity contribution in [2.24, 2.45) is 0 Å². The number of rotatable bonds is 7. The minimum Gasteiger partial charge on any atom is -0.466 e. The van der Waals surface area contributed by atoms with E-state index in [9.17, 15) is 18.0 Å². The molecule has 0 aromatic heterocycles. The first-order valence-corrected chi connectivity index (χ1v) is 8.08. The van der Waals surface area contributed by atoms with E-state index in [2.05, 4.69) is 21.4 Å². The molecular weight excluding hydrogens is 322 g/mol. The average Bonchev–Trinajstić information content (AvgIpc) is 2.53. The van der Waals surface area contributed by atoms with Gasteiger partial charge in [0.25, 0.3) is 0 Å². The van der Waals surface area contributed by atoms with Crippen LogP contribution in [0.2, 0.25) is 0 Å². The third-order valence-electron chi connectivity index (χ3n) is 2.70. The first-order chi connectivity index (χ1) is 10.8. The quantitative estimate of drug-likeness (QED) is 0.454. The Morgan fingerprint density at radius 1 is 1.17 bits per heavy atom. The number of anilines is 1. The predicted octanol–water partition coefficient (Wildman–Crippen LogP) is 1.29. The number of hydrogen-bond acceptors (Lipinski definition) is 7. The molecule has 124 valence electrons. The summed E-state index contributed by atoms with van der Waals surface area (Å²) >= 11 is 0. The Hall–Kier alpha value is -2.61. The fraction of sp³-hybridized carbons (Fsp3) is 0.200. The van der Waals surface area contributed by atoms with E-state index in [-0.39, 0.29) is 16.3 Å². The van der Waals surface area contributed by atoms with Crippen LogP contribution in [0.5, 0.6) is 0 Å². The third-order valence-corrected chi connectivity index (χ3v) is 4.36. The second kappa shape index (κ2) is 8.14.